The zero-order valence-electron chi connectivity index (χ0n) is 17.7. The monoisotopic (exact) mass is 406 g/mol. The van der Waals surface area contributed by atoms with Crippen molar-refractivity contribution in [2.45, 2.75) is 50.4 Å². The van der Waals surface area contributed by atoms with Crippen molar-refractivity contribution in [1.82, 2.24) is 10.2 Å². The third-order valence-corrected chi connectivity index (χ3v) is 6.30. The van der Waals surface area contributed by atoms with Gasteiger partial charge in [0.15, 0.2) is 0 Å². The number of amides is 1. The van der Waals surface area contributed by atoms with E-state index in [0.717, 1.165) is 36.4 Å². The minimum absolute atomic E-state index is 0.00599. The Kier molecular flexibility index (Phi) is 6.38. The molecule has 2 aliphatic heterocycles. The van der Waals surface area contributed by atoms with E-state index in [1.165, 1.54) is 18.4 Å². The predicted molar refractivity (Wildman–Crippen MR) is 119 cm³/mol. The average molecular weight is 407 g/mol. The molecule has 1 amide bonds. The van der Waals surface area contributed by atoms with Crippen LogP contribution in [0.2, 0.25) is 0 Å². The summed E-state index contributed by atoms with van der Waals surface area (Å²) < 4.78 is 10.9. The van der Waals surface area contributed by atoms with Gasteiger partial charge in [-0.1, -0.05) is 36.4 Å². The van der Waals surface area contributed by atoms with Gasteiger partial charge in [-0.2, -0.15) is 0 Å². The molecule has 2 aromatic rings. The highest BCUT2D eigenvalue weighted by Gasteiger charge is 2.41. The number of fused-ring (bicyclic) bond motifs is 2. The van der Waals surface area contributed by atoms with Gasteiger partial charge in [-0.25, -0.2) is 0 Å². The molecular weight excluding hydrogens is 376 g/mol. The molecule has 2 bridgehead atoms. The molecule has 0 aliphatic carbocycles. The van der Waals surface area contributed by atoms with Crippen LogP contribution in [0.3, 0.4) is 0 Å². The lowest BCUT2D eigenvalue weighted by Gasteiger charge is -2.39. The second kappa shape index (κ2) is 9.35. The van der Waals surface area contributed by atoms with Gasteiger partial charge >= 0.3 is 0 Å². The summed E-state index contributed by atoms with van der Waals surface area (Å²) in [6.07, 6.45) is 7.89. The normalized spacial score (nSPS) is 23.5. The van der Waals surface area contributed by atoms with Crippen LogP contribution in [0.5, 0.6) is 11.5 Å². The van der Waals surface area contributed by atoms with E-state index in [1.807, 2.05) is 48.5 Å². The molecule has 2 aromatic carbocycles. The Labute approximate surface area is 178 Å². The largest absolute Gasteiger partial charge is 0.497 e. The Bertz CT molecular complexity index is 883. The average Bonchev–Trinajstić information content (AvgIpc) is 3.01. The summed E-state index contributed by atoms with van der Waals surface area (Å²) in [7, 11) is 3.38. The standard InChI is InChI=1S/C25H30N2O3/c1-29-23-12-9-19(24(16-23)30-2)17-27-21-10-11-22(27)15-20(14-21)26-25(28)13-8-18-6-4-3-5-7-18/h3-9,12-13,16,20-22H,10-11,14-15,17H2,1-2H3,(H,26,28)/b13-8+. The van der Waals surface area contributed by atoms with Gasteiger partial charge in [-0.3, -0.25) is 9.69 Å². The first-order valence-electron chi connectivity index (χ1n) is 10.7. The van der Waals surface area contributed by atoms with E-state index >= 15 is 0 Å². The lowest BCUT2D eigenvalue weighted by Crippen LogP contribution is -2.49. The molecule has 30 heavy (non-hydrogen) atoms. The SMILES string of the molecule is COc1ccc(CN2C3CCC2CC(NC(=O)/C=C/c2ccccc2)C3)c(OC)c1. The van der Waals surface area contributed by atoms with E-state index in [2.05, 4.69) is 16.3 Å². The highest BCUT2D eigenvalue weighted by Crippen LogP contribution is 2.38. The third kappa shape index (κ3) is 4.68. The van der Waals surface area contributed by atoms with Gasteiger partial charge in [0.05, 0.1) is 14.2 Å². The molecule has 5 nitrogen and oxygen atoms in total. The van der Waals surface area contributed by atoms with Crippen LogP contribution in [0, 0.1) is 0 Å². The Morgan fingerprint density at radius 2 is 1.80 bits per heavy atom. The summed E-state index contributed by atoms with van der Waals surface area (Å²) in [6, 6.07) is 17.2. The van der Waals surface area contributed by atoms with Crippen molar-refractivity contribution in [2.75, 3.05) is 14.2 Å². The van der Waals surface area contributed by atoms with E-state index in [4.69, 9.17) is 9.47 Å². The van der Waals surface area contributed by atoms with Gasteiger partial charge in [-0.05, 0) is 43.4 Å². The molecule has 0 saturated carbocycles. The molecule has 2 unspecified atom stereocenters. The van der Waals surface area contributed by atoms with Gasteiger partial charge in [0.1, 0.15) is 11.5 Å². The second-order valence-electron chi connectivity index (χ2n) is 8.16. The number of carbonyl (C=O) groups is 1. The number of piperidine rings is 1. The van der Waals surface area contributed by atoms with Crippen LogP contribution in [0.25, 0.3) is 6.08 Å². The van der Waals surface area contributed by atoms with Crippen LogP contribution in [0.1, 0.15) is 36.8 Å². The predicted octanol–water partition coefficient (Wildman–Crippen LogP) is 4.03. The summed E-state index contributed by atoms with van der Waals surface area (Å²) in [4.78, 5) is 15.0. The Morgan fingerprint density at radius 3 is 2.47 bits per heavy atom. The number of nitrogens with one attached hydrogen (secondary N) is 1. The zero-order valence-corrected chi connectivity index (χ0v) is 17.7. The van der Waals surface area contributed by atoms with Gasteiger partial charge in [0.25, 0.3) is 0 Å². The number of hydrogen-bond acceptors (Lipinski definition) is 4. The van der Waals surface area contributed by atoms with Gasteiger partial charge in [0, 0.05) is 42.4 Å². The van der Waals surface area contributed by atoms with Crippen molar-refractivity contribution in [3.05, 3.63) is 65.7 Å². The lowest BCUT2D eigenvalue weighted by molar-refractivity contribution is -0.117. The fraction of sp³-hybridized carbons (Fsp3) is 0.400. The van der Waals surface area contributed by atoms with Crippen LogP contribution in [0.15, 0.2) is 54.6 Å². The smallest absolute Gasteiger partial charge is 0.244 e. The third-order valence-electron chi connectivity index (χ3n) is 6.30. The molecule has 2 heterocycles. The number of carbonyl (C=O) groups excluding carboxylic acids is 1. The van der Waals surface area contributed by atoms with Crippen molar-refractivity contribution in [3.8, 4) is 11.5 Å². The first-order chi connectivity index (χ1) is 14.7. The molecule has 4 rings (SSSR count). The first kappa shape index (κ1) is 20.5. The van der Waals surface area contributed by atoms with E-state index < -0.39 is 0 Å². The molecule has 0 radical (unpaired) electrons. The van der Waals surface area contributed by atoms with E-state index in [-0.39, 0.29) is 11.9 Å². The van der Waals surface area contributed by atoms with Crippen LogP contribution in [-0.2, 0) is 11.3 Å². The maximum Gasteiger partial charge on any atom is 0.244 e. The van der Waals surface area contributed by atoms with Crippen LogP contribution >= 0.6 is 0 Å². The summed E-state index contributed by atoms with van der Waals surface area (Å²) in [6.45, 7) is 0.872. The van der Waals surface area contributed by atoms with Gasteiger partial charge < -0.3 is 14.8 Å². The fourth-order valence-electron chi connectivity index (χ4n) is 4.81. The highest BCUT2D eigenvalue weighted by atomic mass is 16.5. The Morgan fingerprint density at radius 1 is 1.07 bits per heavy atom. The Balaban J connectivity index is 1.36. The zero-order chi connectivity index (χ0) is 20.9. The molecule has 2 atom stereocenters. The summed E-state index contributed by atoms with van der Waals surface area (Å²) in [5.74, 6) is 1.67. The maximum absolute atomic E-state index is 12.4. The van der Waals surface area contributed by atoms with Crippen LogP contribution < -0.4 is 14.8 Å². The van der Waals surface area contributed by atoms with E-state index in [1.54, 1.807) is 20.3 Å². The summed E-state index contributed by atoms with van der Waals surface area (Å²) in [5, 5.41) is 3.22. The lowest BCUT2D eigenvalue weighted by atomic mass is 9.96. The minimum Gasteiger partial charge on any atom is -0.497 e. The molecule has 2 fully saturated rings. The van der Waals surface area contributed by atoms with Crippen LogP contribution in [0.4, 0.5) is 0 Å². The van der Waals surface area contributed by atoms with Crippen molar-refractivity contribution < 1.29 is 14.3 Å². The second-order valence-corrected chi connectivity index (χ2v) is 8.16. The van der Waals surface area contributed by atoms with E-state index in [0.29, 0.717) is 12.1 Å². The first-order valence-corrected chi connectivity index (χ1v) is 10.7. The van der Waals surface area contributed by atoms with Gasteiger partial charge in [0.2, 0.25) is 5.91 Å². The molecule has 5 heteroatoms. The minimum atomic E-state index is -0.00599. The number of hydrogen-bond donors (Lipinski definition) is 1. The molecule has 2 saturated heterocycles. The summed E-state index contributed by atoms with van der Waals surface area (Å²) >= 11 is 0. The molecule has 2 aliphatic rings. The molecule has 1 N–H and O–H groups in total. The fourth-order valence-corrected chi connectivity index (χ4v) is 4.81. The van der Waals surface area contributed by atoms with E-state index in [9.17, 15) is 4.79 Å². The Hall–Kier alpha value is -2.79. The highest BCUT2D eigenvalue weighted by molar-refractivity contribution is 5.91. The van der Waals surface area contributed by atoms with Crippen molar-refractivity contribution >= 4 is 12.0 Å². The molecule has 158 valence electrons. The number of benzene rings is 2. The topological polar surface area (TPSA) is 50.8 Å². The molecular formula is C25H30N2O3. The number of nitrogens with zero attached hydrogens (tertiary/aromatic N) is 1. The maximum atomic E-state index is 12.4. The number of ether oxygens (including phenoxy) is 2. The quantitative estimate of drug-likeness (QED) is 0.706. The van der Waals surface area contributed by atoms with Crippen molar-refractivity contribution in [3.63, 3.8) is 0 Å². The van der Waals surface area contributed by atoms with Crippen molar-refractivity contribution in [2.24, 2.45) is 0 Å². The number of rotatable bonds is 7. The molecule has 0 aromatic heterocycles. The van der Waals surface area contributed by atoms with Gasteiger partial charge in [-0.15, -0.1) is 0 Å². The summed E-state index contributed by atoms with van der Waals surface area (Å²) in [5.41, 5.74) is 2.22. The van der Waals surface area contributed by atoms with Crippen molar-refractivity contribution in [1.29, 1.82) is 0 Å². The number of methoxy groups -OCH3 is 2. The van der Waals surface area contributed by atoms with Crippen LogP contribution in [-0.4, -0.2) is 43.2 Å². The molecule has 0 spiro atoms.